The van der Waals surface area contributed by atoms with Gasteiger partial charge in [-0.25, -0.2) is 0 Å². The predicted molar refractivity (Wildman–Crippen MR) is 86.1 cm³/mol. The van der Waals surface area contributed by atoms with Crippen LogP contribution >= 0.6 is 0 Å². The molecule has 0 bridgehead atoms. The molecule has 1 amide bonds. The molecule has 0 saturated heterocycles. The first-order valence-corrected chi connectivity index (χ1v) is 7.27. The van der Waals surface area contributed by atoms with Gasteiger partial charge in [0, 0.05) is 12.1 Å². The Bertz CT molecular complexity index is 625. The van der Waals surface area contributed by atoms with Crippen LogP contribution in [0.5, 0.6) is 11.5 Å². The van der Waals surface area contributed by atoms with Crippen LogP contribution in [0.25, 0.3) is 0 Å². The Morgan fingerprint density at radius 1 is 1.05 bits per heavy atom. The number of amides is 1. The number of ether oxygens (including phenoxy) is 2. The fraction of sp³-hybridized carbons (Fsp3) is 0.278. The molecule has 0 saturated carbocycles. The minimum Gasteiger partial charge on any atom is -0.496 e. The molecule has 2 aromatic rings. The van der Waals surface area contributed by atoms with Gasteiger partial charge in [0.05, 0.1) is 20.1 Å². The lowest BCUT2D eigenvalue weighted by Gasteiger charge is -2.11. The summed E-state index contributed by atoms with van der Waals surface area (Å²) in [5.41, 5.74) is 2.02. The third-order valence-corrected chi connectivity index (χ3v) is 3.35. The fourth-order valence-electron chi connectivity index (χ4n) is 2.10. The fourth-order valence-corrected chi connectivity index (χ4v) is 2.10. The zero-order valence-corrected chi connectivity index (χ0v) is 13.0. The van der Waals surface area contributed by atoms with E-state index in [0.717, 1.165) is 22.6 Å². The molecule has 0 aliphatic rings. The molecule has 116 valence electrons. The maximum Gasteiger partial charge on any atom is 0.223 e. The van der Waals surface area contributed by atoms with Crippen LogP contribution in [0.2, 0.25) is 0 Å². The SMILES string of the molecule is COc1ccccc1CNC(=O)CCOc1ccccc1C. The van der Waals surface area contributed by atoms with Crippen molar-refractivity contribution in [3.05, 3.63) is 59.7 Å². The number of methoxy groups -OCH3 is 1. The van der Waals surface area contributed by atoms with Crippen LogP contribution in [0.3, 0.4) is 0 Å². The maximum atomic E-state index is 11.9. The standard InChI is InChI=1S/C18H21NO3/c1-14-7-3-5-9-16(14)22-12-11-18(20)19-13-15-8-4-6-10-17(15)21-2/h3-10H,11-13H2,1-2H3,(H,19,20). The number of rotatable bonds is 7. The molecule has 2 aromatic carbocycles. The van der Waals surface area contributed by atoms with Crippen molar-refractivity contribution >= 4 is 5.91 Å². The molecule has 4 nitrogen and oxygen atoms in total. The zero-order valence-electron chi connectivity index (χ0n) is 13.0. The van der Waals surface area contributed by atoms with Crippen LogP contribution < -0.4 is 14.8 Å². The molecule has 0 aliphatic carbocycles. The van der Waals surface area contributed by atoms with Crippen LogP contribution in [0, 0.1) is 6.92 Å². The van der Waals surface area contributed by atoms with Crippen molar-refractivity contribution < 1.29 is 14.3 Å². The van der Waals surface area contributed by atoms with E-state index in [2.05, 4.69) is 5.32 Å². The summed E-state index contributed by atoms with van der Waals surface area (Å²) < 4.78 is 10.9. The highest BCUT2D eigenvalue weighted by Crippen LogP contribution is 2.17. The van der Waals surface area contributed by atoms with Gasteiger partial charge in [-0.2, -0.15) is 0 Å². The van der Waals surface area contributed by atoms with Crippen molar-refractivity contribution in [2.24, 2.45) is 0 Å². The molecule has 2 rings (SSSR count). The Balaban J connectivity index is 1.75. The van der Waals surface area contributed by atoms with Crippen molar-refractivity contribution in [3.63, 3.8) is 0 Å². The van der Waals surface area contributed by atoms with E-state index in [4.69, 9.17) is 9.47 Å². The molecule has 0 atom stereocenters. The number of carbonyl (C=O) groups excluding carboxylic acids is 1. The van der Waals surface area contributed by atoms with Crippen molar-refractivity contribution in [2.45, 2.75) is 19.9 Å². The van der Waals surface area contributed by atoms with Gasteiger partial charge in [-0.15, -0.1) is 0 Å². The number of carbonyl (C=O) groups is 1. The van der Waals surface area contributed by atoms with Crippen LogP contribution in [-0.4, -0.2) is 19.6 Å². The van der Waals surface area contributed by atoms with E-state index in [9.17, 15) is 4.79 Å². The number of nitrogens with one attached hydrogen (secondary N) is 1. The third-order valence-electron chi connectivity index (χ3n) is 3.35. The minimum absolute atomic E-state index is 0.0421. The number of aryl methyl sites for hydroxylation is 1. The quantitative estimate of drug-likeness (QED) is 0.854. The highest BCUT2D eigenvalue weighted by Gasteiger charge is 2.06. The Morgan fingerprint density at radius 2 is 1.73 bits per heavy atom. The molecule has 0 aliphatic heterocycles. The number of hydrogen-bond acceptors (Lipinski definition) is 3. The van der Waals surface area contributed by atoms with Crippen LogP contribution in [0.15, 0.2) is 48.5 Å². The Morgan fingerprint density at radius 3 is 2.45 bits per heavy atom. The Labute approximate surface area is 131 Å². The summed E-state index contributed by atoms with van der Waals surface area (Å²) in [6.45, 7) is 2.80. The molecule has 0 radical (unpaired) electrons. The van der Waals surface area contributed by atoms with E-state index in [1.807, 2.05) is 55.5 Å². The molecule has 0 unspecified atom stereocenters. The summed E-state index contributed by atoms with van der Waals surface area (Å²) in [5.74, 6) is 1.55. The lowest BCUT2D eigenvalue weighted by molar-refractivity contribution is -0.121. The highest BCUT2D eigenvalue weighted by atomic mass is 16.5. The van der Waals surface area contributed by atoms with E-state index in [-0.39, 0.29) is 5.91 Å². The lowest BCUT2D eigenvalue weighted by Crippen LogP contribution is -2.24. The number of para-hydroxylation sites is 2. The van der Waals surface area contributed by atoms with E-state index >= 15 is 0 Å². The first-order valence-electron chi connectivity index (χ1n) is 7.27. The van der Waals surface area contributed by atoms with Crippen molar-refractivity contribution in [1.29, 1.82) is 0 Å². The van der Waals surface area contributed by atoms with E-state index in [1.165, 1.54) is 0 Å². The summed E-state index contributed by atoms with van der Waals surface area (Å²) in [5, 5.41) is 2.88. The first kappa shape index (κ1) is 15.9. The van der Waals surface area contributed by atoms with Gasteiger partial charge in [0.1, 0.15) is 11.5 Å². The average Bonchev–Trinajstić information content (AvgIpc) is 2.55. The topological polar surface area (TPSA) is 47.6 Å². The van der Waals surface area contributed by atoms with Crippen molar-refractivity contribution in [3.8, 4) is 11.5 Å². The van der Waals surface area contributed by atoms with Gasteiger partial charge in [-0.05, 0) is 24.6 Å². The van der Waals surface area contributed by atoms with Gasteiger partial charge in [0.2, 0.25) is 5.91 Å². The van der Waals surface area contributed by atoms with E-state index in [0.29, 0.717) is 19.6 Å². The van der Waals surface area contributed by atoms with Gasteiger partial charge >= 0.3 is 0 Å². The van der Waals surface area contributed by atoms with Crippen molar-refractivity contribution in [2.75, 3.05) is 13.7 Å². The van der Waals surface area contributed by atoms with Gasteiger partial charge in [-0.3, -0.25) is 4.79 Å². The molecule has 0 heterocycles. The van der Waals surface area contributed by atoms with Crippen molar-refractivity contribution in [1.82, 2.24) is 5.32 Å². The second-order valence-electron chi connectivity index (χ2n) is 4.95. The van der Waals surface area contributed by atoms with E-state index < -0.39 is 0 Å². The third kappa shape index (κ3) is 4.52. The van der Waals surface area contributed by atoms with Gasteiger partial charge in [-0.1, -0.05) is 36.4 Å². The zero-order chi connectivity index (χ0) is 15.8. The molecule has 22 heavy (non-hydrogen) atoms. The first-order chi connectivity index (χ1) is 10.7. The number of hydrogen-bond donors (Lipinski definition) is 1. The smallest absolute Gasteiger partial charge is 0.223 e. The average molecular weight is 299 g/mol. The van der Waals surface area contributed by atoms with Gasteiger partial charge in [0.15, 0.2) is 0 Å². The maximum absolute atomic E-state index is 11.9. The van der Waals surface area contributed by atoms with Gasteiger partial charge in [0.25, 0.3) is 0 Å². The Hall–Kier alpha value is -2.49. The molecule has 1 N–H and O–H groups in total. The minimum atomic E-state index is -0.0421. The lowest BCUT2D eigenvalue weighted by atomic mass is 10.2. The summed E-state index contributed by atoms with van der Waals surface area (Å²) >= 11 is 0. The monoisotopic (exact) mass is 299 g/mol. The van der Waals surface area contributed by atoms with Crippen LogP contribution in [-0.2, 0) is 11.3 Å². The summed E-state index contributed by atoms with van der Waals surface area (Å²) in [6, 6.07) is 15.4. The summed E-state index contributed by atoms with van der Waals surface area (Å²) in [6.07, 6.45) is 0.323. The molecule has 0 fully saturated rings. The normalized spacial score (nSPS) is 10.1. The molecule has 4 heteroatoms. The molecular formula is C18H21NO3. The van der Waals surface area contributed by atoms with Crippen LogP contribution in [0.4, 0.5) is 0 Å². The van der Waals surface area contributed by atoms with Gasteiger partial charge < -0.3 is 14.8 Å². The molecular weight excluding hydrogens is 278 g/mol. The van der Waals surface area contributed by atoms with E-state index in [1.54, 1.807) is 7.11 Å². The second kappa shape index (κ2) is 8.08. The highest BCUT2D eigenvalue weighted by molar-refractivity contribution is 5.76. The summed E-state index contributed by atoms with van der Waals surface area (Å²) in [4.78, 5) is 11.9. The largest absolute Gasteiger partial charge is 0.496 e. The Kier molecular flexibility index (Phi) is 5.83. The number of benzene rings is 2. The summed E-state index contributed by atoms with van der Waals surface area (Å²) in [7, 11) is 1.62. The molecule has 0 aromatic heterocycles. The predicted octanol–water partition coefficient (Wildman–Crippen LogP) is 3.09. The second-order valence-corrected chi connectivity index (χ2v) is 4.95. The molecule has 0 spiro atoms. The van der Waals surface area contributed by atoms with Crippen LogP contribution in [0.1, 0.15) is 17.5 Å².